The maximum atomic E-state index is 13.2. The highest BCUT2D eigenvalue weighted by Crippen LogP contribution is 2.40. The normalized spacial score (nSPS) is 19.2. The van der Waals surface area contributed by atoms with Crippen LogP contribution in [0, 0.1) is 0 Å². The number of benzene rings is 1. The first-order chi connectivity index (χ1) is 15.8. The number of carbonyl (C=O) groups excluding carboxylic acids is 1. The Bertz CT molecular complexity index is 938. The van der Waals surface area contributed by atoms with E-state index in [2.05, 4.69) is 39.0 Å². The zero-order chi connectivity index (χ0) is 23.5. The van der Waals surface area contributed by atoms with Gasteiger partial charge in [0.25, 0.3) is 0 Å². The zero-order valence-corrected chi connectivity index (χ0v) is 19.0. The van der Waals surface area contributed by atoms with E-state index in [0.29, 0.717) is 6.54 Å². The van der Waals surface area contributed by atoms with Crippen molar-refractivity contribution >= 4 is 11.7 Å². The molecule has 1 amide bonds. The molecule has 33 heavy (non-hydrogen) atoms. The summed E-state index contributed by atoms with van der Waals surface area (Å²) in [6, 6.07) is 14.2. The van der Waals surface area contributed by atoms with E-state index in [9.17, 15) is 18.0 Å². The van der Waals surface area contributed by atoms with Gasteiger partial charge < -0.3 is 0 Å². The number of hydrogen-bond donors (Lipinski definition) is 0. The minimum Gasteiger partial charge on any atom is -0.297 e. The second-order valence-electron chi connectivity index (χ2n) is 9.04. The Morgan fingerprint density at radius 3 is 2.30 bits per heavy atom. The van der Waals surface area contributed by atoms with Crippen LogP contribution in [0.5, 0.6) is 0 Å². The van der Waals surface area contributed by atoms with Crippen molar-refractivity contribution in [1.29, 1.82) is 0 Å². The van der Waals surface area contributed by atoms with Gasteiger partial charge in [0, 0.05) is 51.2 Å². The van der Waals surface area contributed by atoms with Gasteiger partial charge in [-0.15, -0.1) is 0 Å². The van der Waals surface area contributed by atoms with E-state index in [0.717, 1.165) is 58.1 Å². The number of alkyl halides is 3. The van der Waals surface area contributed by atoms with Crippen molar-refractivity contribution in [1.82, 2.24) is 14.8 Å². The van der Waals surface area contributed by atoms with Crippen LogP contribution in [0.25, 0.3) is 0 Å². The lowest BCUT2D eigenvalue weighted by Gasteiger charge is -2.54. The van der Waals surface area contributed by atoms with Crippen LogP contribution < -0.4 is 4.90 Å². The predicted molar refractivity (Wildman–Crippen MR) is 122 cm³/mol. The Morgan fingerprint density at radius 2 is 1.73 bits per heavy atom. The highest BCUT2D eigenvalue weighted by molar-refractivity contribution is 5.92. The van der Waals surface area contributed by atoms with Crippen molar-refractivity contribution in [3.63, 3.8) is 0 Å². The number of piperazine rings is 1. The summed E-state index contributed by atoms with van der Waals surface area (Å²) in [7, 11) is 0. The summed E-state index contributed by atoms with van der Waals surface area (Å²) >= 11 is 0. The fourth-order valence-corrected chi connectivity index (χ4v) is 4.89. The van der Waals surface area contributed by atoms with Gasteiger partial charge in [-0.1, -0.05) is 43.3 Å². The molecule has 0 bridgehead atoms. The van der Waals surface area contributed by atoms with Crippen molar-refractivity contribution in [2.45, 2.75) is 50.9 Å². The SMILES string of the molecule is CCC(=O)N(CC1(N2CCN(Cc3ccccc3)CC2)CCC1)c1cccc(C(F)(F)F)n1. The second-order valence-corrected chi connectivity index (χ2v) is 9.04. The molecular weight excluding hydrogens is 429 g/mol. The minimum atomic E-state index is -4.54. The Kier molecular flexibility index (Phi) is 7.05. The lowest BCUT2D eigenvalue weighted by molar-refractivity contribution is -0.141. The maximum Gasteiger partial charge on any atom is 0.433 e. The molecular formula is C25H31F3N4O. The highest BCUT2D eigenvalue weighted by Gasteiger charge is 2.45. The number of rotatable bonds is 7. The largest absolute Gasteiger partial charge is 0.433 e. The molecule has 2 aliphatic rings. The summed E-state index contributed by atoms with van der Waals surface area (Å²) in [5, 5.41) is 0. The molecule has 1 aliphatic heterocycles. The van der Waals surface area contributed by atoms with Gasteiger partial charge in [0.15, 0.2) is 0 Å². The average Bonchev–Trinajstić information content (AvgIpc) is 2.79. The smallest absolute Gasteiger partial charge is 0.297 e. The van der Waals surface area contributed by atoms with Gasteiger partial charge in [-0.3, -0.25) is 19.5 Å². The summed E-state index contributed by atoms with van der Waals surface area (Å²) in [4.78, 5) is 23.0. The van der Waals surface area contributed by atoms with Crippen LogP contribution in [0.2, 0.25) is 0 Å². The molecule has 178 valence electrons. The molecule has 0 N–H and O–H groups in total. The topological polar surface area (TPSA) is 39.7 Å². The minimum absolute atomic E-state index is 0.0886. The van der Waals surface area contributed by atoms with Crippen LogP contribution >= 0.6 is 0 Å². The summed E-state index contributed by atoms with van der Waals surface area (Å²) in [6.07, 6.45) is -1.37. The fraction of sp³-hybridized carbons (Fsp3) is 0.520. The molecule has 0 unspecified atom stereocenters. The van der Waals surface area contributed by atoms with Gasteiger partial charge in [-0.2, -0.15) is 13.2 Å². The standard InChI is InChI=1S/C25H31F3N4O/c1-2-23(33)32(22-11-6-10-21(29-22)25(26,27)28)19-24(12-7-13-24)31-16-14-30(15-17-31)18-20-8-4-3-5-9-20/h3-6,8-11H,2,7,12-19H2,1H3. The number of amides is 1. The molecule has 0 atom stereocenters. The van der Waals surface area contributed by atoms with E-state index in [1.807, 2.05) is 6.07 Å². The average molecular weight is 461 g/mol. The Morgan fingerprint density at radius 1 is 1.03 bits per heavy atom. The number of nitrogens with zero attached hydrogens (tertiary/aromatic N) is 4. The third-order valence-electron chi connectivity index (χ3n) is 6.93. The van der Waals surface area contributed by atoms with E-state index in [1.165, 1.54) is 22.6 Å². The third-order valence-corrected chi connectivity index (χ3v) is 6.93. The summed E-state index contributed by atoms with van der Waals surface area (Å²) < 4.78 is 39.7. The fourth-order valence-electron chi connectivity index (χ4n) is 4.89. The number of halogens is 3. The predicted octanol–water partition coefficient (Wildman–Crippen LogP) is 4.58. The molecule has 1 saturated heterocycles. The first-order valence-electron chi connectivity index (χ1n) is 11.7. The molecule has 8 heteroatoms. The van der Waals surface area contributed by atoms with Crippen molar-refractivity contribution in [3.8, 4) is 0 Å². The number of carbonyl (C=O) groups is 1. The molecule has 1 aliphatic carbocycles. The van der Waals surface area contributed by atoms with Crippen molar-refractivity contribution in [3.05, 3.63) is 59.8 Å². The maximum absolute atomic E-state index is 13.2. The van der Waals surface area contributed by atoms with Gasteiger partial charge in [-0.05, 0) is 37.0 Å². The molecule has 2 aromatic rings. The van der Waals surface area contributed by atoms with Gasteiger partial charge in [0.1, 0.15) is 11.5 Å². The summed E-state index contributed by atoms with van der Waals surface area (Å²) in [5.41, 5.74) is 0.130. The van der Waals surface area contributed by atoms with Crippen LogP contribution in [-0.2, 0) is 17.5 Å². The number of aromatic nitrogens is 1. The van der Waals surface area contributed by atoms with Crippen LogP contribution in [-0.4, -0.2) is 59.0 Å². The first kappa shape index (κ1) is 23.7. The molecule has 5 nitrogen and oxygen atoms in total. The molecule has 2 fully saturated rings. The molecule has 1 aromatic heterocycles. The van der Waals surface area contributed by atoms with E-state index in [-0.39, 0.29) is 23.7 Å². The van der Waals surface area contributed by atoms with Crippen LogP contribution in [0.3, 0.4) is 0 Å². The summed E-state index contributed by atoms with van der Waals surface area (Å²) in [5.74, 6) is -0.110. The number of hydrogen-bond acceptors (Lipinski definition) is 4. The molecule has 1 aromatic carbocycles. The number of pyridine rings is 1. The second kappa shape index (κ2) is 9.81. The van der Waals surface area contributed by atoms with Crippen molar-refractivity contribution in [2.75, 3.05) is 37.6 Å². The zero-order valence-electron chi connectivity index (χ0n) is 19.0. The molecule has 4 rings (SSSR count). The molecule has 0 radical (unpaired) electrons. The molecule has 0 spiro atoms. The lowest BCUT2D eigenvalue weighted by Crippen LogP contribution is -2.64. The quantitative estimate of drug-likeness (QED) is 0.606. The molecule has 1 saturated carbocycles. The van der Waals surface area contributed by atoms with Crippen LogP contribution in [0.1, 0.15) is 43.9 Å². The Labute approximate surface area is 193 Å². The molecule has 2 heterocycles. The lowest BCUT2D eigenvalue weighted by atomic mass is 9.74. The third kappa shape index (κ3) is 5.38. The van der Waals surface area contributed by atoms with Crippen molar-refractivity contribution in [2.24, 2.45) is 0 Å². The van der Waals surface area contributed by atoms with Crippen molar-refractivity contribution < 1.29 is 18.0 Å². The first-order valence-corrected chi connectivity index (χ1v) is 11.7. The van der Waals surface area contributed by atoms with E-state index < -0.39 is 11.9 Å². The van der Waals surface area contributed by atoms with Crippen LogP contribution in [0.4, 0.5) is 19.0 Å². The van der Waals surface area contributed by atoms with E-state index in [1.54, 1.807) is 6.92 Å². The van der Waals surface area contributed by atoms with Crippen LogP contribution in [0.15, 0.2) is 48.5 Å². The number of anilines is 1. The monoisotopic (exact) mass is 460 g/mol. The van der Waals surface area contributed by atoms with Gasteiger partial charge in [0.05, 0.1) is 0 Å². The highest BCUT2D eigenvalue weighted by atomic mass is 19.4. The Balaban J connectivity index is 1.47. The summed E-state index contributed by atoms with van der Waals surface area (Å²) in [6.45, 7) is 6.66. The van der Waals surface area contributed by atoms with E-state index in [4.69, 9.17) is 0 Å². The van der Waals surface area contributed by atoms with Gasteiger partial charge in [0.2, 0.25) is 5.91 Å². The van der Waals surface area contributed by atoms with Gasteiger partial charge >= 0.3 is 6.18 Å². The van der Waals surface area contributed by atoms with E-state index >= 15 is 0 Å². The van der Waals surface area contributed by atoms with Gasteiger partial charge in [-0.25, -0.2) is 4.98 Å². The Hall–Kier alpha value is -2.45.